The van der Waals surface area contributed by atoms with Gasteiger partial charge in [-0.1, -0.05) is 23.9 Å². The Morgan fingerprint density at radius 2 is 2.24 bits per heavy atom. The highest BCUT2D eigenvalue weighted by Crippen LogP contribution is 2.37. The predicted octanol–water partition coefficient (Wildman–Crippen LogP) is 3.36. The van der Waals surface area contributed by atoms with E-state index < -0.39 is 22.7 Å². The standard InChI is InChI=1S/C24H28N4O5S/c1-5-18-20(8-9-21(18)28-34(30,31)12-11-29)19(6-2)23-26-24(33-27-23)16-7-10-22(32-15(3)4)17(13-16)14-25/h5-7,10,13,15,21,28-29H,2,8-9,11-12H2,1,3-4H3/b18-5+,20-19+/t21-/m0/s1. The molecule has 0 unspecified atom stereocenters. The molecule has 1 aromatic carbocycles. The number of nitriles is 1. The molecule has 0 bridgehead atoms. The Bertz CT molecular complexity index is 1270. The Morgan fingerprint density at radius 3 is 2.85 bits per heavy atom. The number of rotatable bonds is 9. The summed E-state index contributed by atoms with van der Waals surface area (Å²) in [5.74, 6) is 0.684. The largest absolute Gasteiger partial charge is 0.490 e. The Hall–Kier alpha value is -3.26. The van der Waals surface area contributed by atoms with Crippen molar-refractivity contribution in [1.29, 1.82) is 5.26 Å². The lowest BCUT2D eigenvalue weighted by atomic mass is 10.0. The fraction of sp³-hybridized carbons (Fsp3) is 0.375. The first kappa shape index (κ1) is 25.4. The van der Waals surface area contributed by atoms with Crippen molar-refractivity contribution in [2.24, 2.45) is 0 Å². The van der Waals surface area contributed by atoms with Crippen LogP contribution < -0.4 is 9.46 Å². The van der Waals surface area contributed by atoms with E-state index in [4.69, 9.17) is 14.4 Å². The van der Waals surface area contributed by atoms with E-state index in [-0.39, 0.29) is 17.7 Å². The van der Waals surface area contributed by atoms with E-state index >= 15 is 0 Å². The lowest BCUT2D eigenvalue weighted by Gasteiger charge is -2.15. The van der Waals surface area contributed by atoms with Crippen molar-refractivity contribution in [3.63, 3.8) is 0 Å². The molecular formula is C24H28N4O5S. The summed E-state index contributed by atoms with van der Waals surface area (Å²) in [5, 5.41) is 22.6. The van der Waals surface area contributed by atoms with Gasteiger partial charge < -0.3 is 14.4 Å². The maximum Gasteiger partial charge on any atom is 0.258 e. The van der Waals surface area contributed by atoms with Gasteiger partial charge in [0.25, 0.3) is 5.89 Å². The molecule has 1 aliphatic rings. The van der Waals surface area contributed by atoms with Gasteiger partial charge in [-0.3, -0.25) is 0 Å². The molecule has 1 aliphatic carbocycles. The molecule has 2 N–H and O–H groups in total. The van der Waals surface area contributed by atoms with E-state index in [9.17, 15) is 13.7 Å². The highest BCUT2D eigenvalue weighted by Gasteiger charge is 2.31. The molecule has 10 heteroatoms. The molecule has 9 nitrogen and oxygen atoms in total. The number of benzene rings is 1. The van der Waals surface area contributed by atoms with Gasteiger partial charge in [-0.25, -0.2) is 13.1 Å². The molecule has 1 saturated carbocycles. The minimum atomic E-state index is -3.60. The number of ether oxygens (including phenoxy) is 1. The number of aliphatic hydroxyl groups excluding tert-OH is 1. The zero-order valence-corrected chi connectivity index (χ0v) is 20.2. The van der Waals surface area contributed by atoms with E-state index in [1.165, 1.54) is 0 Å². The van der Waals surface area contributed by atoms with Crippen LogP contribution in [0.15, 0.2) is 52.6 Å². The van der Waals surface area contributed by atoms with Crippen LogP contribution in [0.5, 0.6) is 5.75 Å². The smallest absolute Gasteiger partial charge is 0.258 e. The van der Waals surface area contributed by atoms with Crippen LogP contribution in [-0.4, -0.2) is 48.2 Å². The molecule has 0 radical (unpaired) electrons. The van der Waals surface area contributed by atoms with Crippen LogP contribution in [0.2, 0.25) is 0 Å². The quantitative estimate of drug-likeness (QED) is 0.552. The Kier molecular flexibility index (Phi) is 8.04. The number of allylic oxidation sites excluding steroid dienone is 3. The summed E-state index contributed by atoms with van der Waals surface area (Å²) < 4.78 is 38.1. The van der Waals surface area contributed by atoms with Crippen LogP contribution in [0.25, 0.3) is 17.0 Å². The monoisotopic (exact) mass is 484 g/mol. The number of nitrogens with one attached hydrogen (secondary N) is 1. The summed E-state index contributed by atoms with van der Waals surface area (Å²) in [6.45, 7) is 9.04. The van der Waals surface area contributed by atoms with Crippen molar-refractivity contribution in [1.82, 2.24) is 14.9 Å². The van der Waals surface area contributed by atoms with E-state index in [2.05, 4.69) is 27.5 Å². The van der Waals surface area contributed by atoms with Crippen molar-refractivity contribution < 1.29 is 22.8 Å². The van der Waals surface area contributed by atoms with Crippen LogP contribution >= 0.6 is 0 Å². The summed E-state index contributed by atoms with van der Waals surface area (Å²) in [7, 11) is -3.60. The molecule has 1 fully saturated rings. The Balaban J connectivity index is 1.93. The van der Waals surface area contributed by atoms with Crippen molar-refractivity contribution in [3.05, 3.63) is 59.5 Å². The first-order valence-electron chi connectivity index (χ1n) is 10.9. The summed E-state index contributed by atoms with van der Waals surface area (Å²) in [5.41, 5.74) is 3.27. The SMILES string of the molecule is C=C/C(=C1/CC[C@H](NS(=O)(=O)CCO)/C1=C/C)c1noc(-c2ccc(OC(C)C)c(C#N)c2)n1. The first-order chi connectivity index (χ1) is 16.2. The molecular weight excluding hydrogens is 456 g/mol. The van der Waals surface area contributed by atoms with Crippen molar-refractivity contribution in [3.8, 4) is 23.3 Å². The molecule has 2 aromatic rings. The van der Waals surface area contributed by atoms with Crippen molar-refractivity contribution in [2.45, 2.75) is 45.8 Å². The minimum Gasteiger partial charge on any atom is -0.490 e. The van der Waals surface area contributed by atoms with Crippen LogP contribution in [-0.2, 0) is 10.0 Å². The molecule has 1 atom stereocenters. The van der Waals surface area contributed by atoms with Gasteiger partial charge in [0, 0.05) is 17.2 Å². The average molecular weight is 485 g/mol. The fourth-order valence-electron chi connectivity index (χ4n) is 3.89. The molecule has 0 amide bonds. The van der Waals surface area contributed by atoms with Crippen LogP contribution in [0.4, 0.5) is 0 Å². The van der Waals surface area contributed by atoms with Crippen LogP contribution in [0.1, 0.15) is 45.0 Å². The van der Waals surface area contributed by atoms with Gasteiger partial charge in [0.05, 0.1) is 24.0 Å². The maximum absolute atomic E-state index is 12.2. The number of sulfonamides is 1. The molecule has 3 rings (SSSR count). The highest BCUT2D eigenvalue weighted by atomic mass is 32.2. The molecule has 0 saturated heterocycles. The summed E-state index contributed by atoms with van der Waals surface area (Å²) in [4.78, 5) is 4.50. The number of nitrogens with zero attached hydrogens (tertiary/aromatic N) is 3. The number of aromatic nitrogens is 2. The third-order valence-corrected chi connectivity index (χ3v) is 6.67. The molecule has 1 aromatic heterocycles. The normalized spacial score (nSPS) is 18.8. The zero-order chi connectivity index (χ0) is 24.9. The molecule has 0 spiro atoms. The summed E-state index contributed by atoms with van der Waals surface area (Å²) in [6.07, 6.45) is 4.56. The second-order valence-electron chi connectivity index (χ2n) is 8.00. The molecule has 180 valence electrons. The number of hydrogen-bond acceptors (Lipinski definition) is 8. The van der Waals surface area contributed by atoms with Gasteiger partial charge in [0.1, 0.15) is 11.8 Å². The zero-order valence-electron chi connectivity index (χ0n) is 19.4. The van der Waals surface area contributed by atoms with Crippen molar-refractivity contribution >= 4 is 15.6 Å². The van der Waals surface area contributed by atoms with Gasteiger partial charge in [-0.05, 0) is 63.0 Å². The van der Waals surface area contributed by atoms with E-state index in [1.54, 1.807) is 24.3 Å². The molecule has 34 heavy (non-hydrogen) atoms. The predicted molar refractivity (Wildman–Crippen MR) is 128 cm³/mol. The second kappa shape index (κ2) is 10.8. The molecule has 1 heterocycles. The van der Waals surface area contributed by atoms with Gasteiger partial charge in [-0.15, -0.1) is 0 Å². The van der Waals surface area contributed by atoms with E-state index in [0.29, 0.717) is 41.1 Å². The number of aliphatic hydroxyl groups is 1. The first-order valence-corrected chi connectivity index (χ1v) is 12.6. The van der Waals surface area contributed by atoms with Gasteiger partial charge in [0.15, 0.2) is 0 Å². The van der Waals surface area contributed by atoms with E-state index in [0.717, 1.165) is 11.1 Å². The minimum absolute atomic E-state index is 0.0705. The lowest BCUT2D eigenvalue weighted by molar-refractivity contribution is 0.241. The number of hydrogen-bond donors (Lipinski definition) is 2. The van der Waals surface area contributed by atoms with E-state index in [1.807, 2.05) is 26.8 Å². The topological polar surface area (TPSA) is 138 Å². The van der Waals surface area contributed by atoms with Gasteiger partial charge >= 0.3 is 0 Å². The maximum atomic E-state index is 12.2. The lowest BCUT2D eigenvalue weighted by Crippen LogP contribution is -2.36. The molecule has 0 aliphatic heterocycles. The summed E-state index contributed by atoms with van der Waals surface area (Å²) in [6, 6.07) is 6.79. The van der Waals surface area contributed by atoms with Crippen molar-refractivity contribution in [2.75, 3.05) is 12.4 Å². The average Bonchev–Trinajstić information content (AvgIpc) is 3.41. The second-order valence-corrected chi connectivity index (χ2v) is 9.88. The Labute approximate surface area is 199 Å². The van der Waals surface area contributed by atoms with Crippen LogP contribution in [0, 0.1) is 11.3 Å². The highest BCUT2D eigenvalue weighted by molar-refractivity contribution is 7.89. The summed E-state index contributed by atoms with van der Waals surface area (Å²) >= 11 is 0. The fourth-order valence-corrected chi connectivity index (χ4v) is 4.93. The Morgan fingerprint density at radius 1 is 1.47 bits per heavy atom. The van der Waals surface area contributed by atoms with Gasteiger partial charge in [-0.2, -0.15) is 10.2 Å². The third kappa shape index (κ3) is 5.62. The van der Waals surface area contributed by atoms with Gasteiger partial charge in [0.2, 0.25) is 15.8 Å². The third-order valence-electron chi connectivity index (χ3n) is 5.31. The van der Waals surface area contributed by atoms with Crippen LogP contribution in [0.3, 0.4) is 0 Å².